The summed E-state index contributed by atoms with van der Waals surface area (Å²) in [5.74, 6) is 0. The fourth-order valence-corrected chi connectivity index (χ4v) is 2.52. The number of aromatic nitrogens is 3. The fraction of sp³-hybridized carbons (Fsp3) is 0.0714. The molecule has 3 rings (SSSR count). The number of hydrogen-bond acceptors (Lipinski definition) is 4. The quantitative estimate of drug-likeness (QED) is 0.539. The van der Waals surface area contributed by atoms with Crippen LogP contribution in [-0.2, 0) is 0 Å². The van der Waals surface area contributed by atoms with Crippen LogP contribution >= 0.6 is 23.4 Å². The first-order valence-electron chi connectivity index (χ1n) is 5.88. The maximum absolute atomic E-state index is 12.5. The molecule has 0 aliphatic rings. The maximum atomic E-state index is 12.5. The van der Waals surface area contributed by atoms with Gasteiger partial charge in [0.2, 0.25) is 0 Å². The number of hydrogen-bond donors (Lipinski definition) is 0. The van der Waals surface area contributed by atoms with E-state index in [4.69, 9.17) is 11.6 Å². The van der Waals surface area contributed by atoms with Crippen molar-refractivity contribution in [2.45, 2.75) is 5.16 Å². The van der Waals surface area contributed by atoms with E-state index in [1.165, 1.54) is 16.3 Å². The van der Waals surface area contributed by atoms with Crippen LogP contribution in [0.4, 0.5) is 0 Å². The standard InChI is InChI=1S/C14H10ClN3OS/c1-20-14-16-8-9-11(17-14)6-7-18(13(9)19)12-5-3-2-4-10(12)15/h2-8H,1H3. The average molecular weight is 304 g/mol. The Kier molecular flexibility index (Phi) is 3.46. The number of halogens is 1. The van der Waals surface area contributed by atoms with Crippen molar-refractivity contribution >= 4 is 34.3 Å². The molecule has 3 aromatic rings. The maximum Gasteiger partial charge on any atom is 0.266 e. The zero-order valence-electron chi connectivity index (χ0n) is 10.6. The molecule has 1 aromatic carbocycles. The highest BCUT2D eigenvalue weighted by molar-refractivity contribution is 7.98. The second-order valence-electron chi connectivity index (χ2n) is 4.10. The lowest BCUT2D eigenvalue weighted by Crippen LogP contribution is -2.18. The first-order chi connectivity index (χ1) is 9.70. The van der Waals surface area contributed by atoms with Gasteiger partial charge >= 0.3 is 0 Å². The molecule has 0 atom stereocenters. The van der Waals surface area contributed by atoms with Crippen LogP contribution in [0.2, 0.25) is 5.02 Å². The van der Waals surface area contributed by atoms with Gasteiger partial charge in [0.05, 0.1) is 21.6 Å². The Balaban J connectivity index is 2.27. The number of rotatable bonds is 2. The number of thioether (sulfide) groups is 1. The fourth-order valence-electron chi connectivity index (χ4n) is 1.95. The summed E-state index contributed by atoms with van der Waals surface area (Å²) < 4.78 is 1.51. The molecular weight excluding hydrogens is 294 g/mol. The first-order valence-corrected chi connectivity index (χ1v) is 7.48. The smallest absolute Gasteiger partial charge is 0.266 e. The van der Waals surface area contributed by atoms with Gasteiger partial charge in [-0.2, -0.15) is 0 Å². The van der Waals surface area contributed by atoms with Crippen molar-refractivity contribution in [3.05, 3.63) is 58.1 Å². The molecule has 20 heavy (non-hydrogen) atoms. The van der Waals surface area contributed by atoms with Gasteiger partial charge in [0.25, 0.3) is 5.56 Å². The third-order valence-electron chi connectivity index (χ3n) is 2.92. The third kappa shape index (κ3) is 2.19. The number of nitrogens with zero attached hydrogens (tertiary/aromatic N) is 3. The van der Waals surface area contributed by atoms with E-state index in [-0.39, 0.29) is 5.56 Å². The monoisotopic (exact) mass is 303 g/mol. The summed E-state index contributed by atoms with van der Waals surface area (Å²) in [5.41, 5.74) is 1.11. The lowest BCUT2D eigenvalue weighted by molar-refractivity contribution is 0.969. The molecule has 0 radical (unpaired) electrons. The normalized spacial score (nSPS) is 10.9. The molecule has 0 saturated heterocycles. The van der Waals surface area contributed by atoms with Crippen molar-refractivity contribution < 1.29 is 0 Å². The zero-order chi connectivity index (χ0) is 14.1. The lowest BCUT2D eigenvalue weighted by atomic mass is 10.2. The van der Waals surface area contributed by atoms with Crippen molar-refractivity contribution in [2.75, 3.05) is 6.26 Å². The molecule has 0 unspecified atom stereocenters. The van der Waals surface area contributed by atoms with Crippen molar-refractivity contribution in [1.29, 1.82) is 0 Å². The van der Waals surface area contributed by atoms with Crippen LogP contribution in [0.25, 0.3) is 16.6 Å². The Bertz CT molecular complexity index is 847. The summed E-state index contributed by atoms with van der Waals surface area (Å²) in [6.07, 6.45) is 5.14. The van der Waals surface area contributed by atoms with Gasteiger partial charge in [0, 0.05) is 12.4 Å². The van der Waals surface area contributed by atoms with E-state index in [9.17, 15) is 4.79 Å². The second kappa shape index (κ2) is 5.26. The van der Waals surface area contributed by atoms with Gasteiger partial charge in [-0.25, -0.2) is 9.97 Å². The van der Waals surface area contributed by atoms with Crippen LogP contribution in [0.1, 0.15) is 0 Å². The minimum Gasteiger partial charge on any atom is -0.282 e. The van der Waals surface area contributed by atoms with Crippen LogP contribution in [0.5, 0.6) is 0 Å². The molecule has 0 N–H and O–H groups in total. The molecule has 0 spiro atoms. The number of benzene rings is 1. The van der Waals surface area contributed by atoms with Crippen LogP contribution in [0.3, 0.4) is 0 Å². The molecule has 0 saturated carbocycles. The highest BCUT2D eigenvalue weighted by atomic mass is 35.5. The van der Waals surface area contributed by atoms with Crippen LogP contribution in [-0.4, -0.2) is 20.8 Å². The van der Waals surface area contributed by atoms with Gasteiger partial charge < -0.3 is 0 Å². The van der Waals surface area contributed by atoms with Gasteiger partial charge in [0.15, 0.2) is 5.16 Å². The summed E-state index contributed by atoms with van der Waals surface area (Å²) in [4.78, 5) is 21.0. The Labute approximate surface area is 124 Å². The minimum atomic E-state index is -0.178. The molecule has 0 aliphatic heterocycles. The summed E-state index contributed by atoms with van der Waals surface area (Å²) in [5, 5.41) is 1.65. The third-order valence-corrected chi connectivity index (χ3v) is 3.80. The molecule has 6 heteroatoms. The van der Waals surface area contributed by atoms with Crippen molar-refractivity contribution in [3.63, 3.8) is 0 Å². The SMILES string of the molecule is CSc1ncc2c(=O)n(-c3ccccc3Cl)ccc2n1. The van der Waals surface area contributed by atoms with E-state index < -0.39 is 0 Å². The van der Waals surface area contributed by atoms with Crippen molar-refractivity contribution in [2.24, 2.45) is 0 Å². The zero-order valence-corrected chi connectivity index (χ0v) is 12.1. The van der Waals surface area contributed by atoms with Crippen molar-refractivity contribution in [1.82, 2.24) is 14.5 Å². The highest BCUT2D eigenvalue weighted by Crippen LogP contribution is 2.19. The van der Waals surface area contributed by atoms with E-state index in [0.717, 1.165) is 0 Å². The summed E-state index contributed by atoms with van der Waals surface area (Å²) >= 11 is 7.58. The molecule has 0 amide bonds. The van der Waals surface area contributed by atoms with Gasteiger partial charge in [-0.3, -0.25) is 9.36 Å². The molecular formula is C14H10ClN3OS. The summed E-state index contributed by atoms with van der Waals surface area (Å²) in [6.45, 7) is 0. The molecule has 100 valence electrons. The minimum absolute atomic E-state index is 0.178. The van der Waals surface area contributed by atoms with Crippen molar-refractivity contribution in [3.8, 4) is 5.69 Å². The Hall–Kier alpha value is -1.85. The first kappa shape index (κ1) is 13.1. The summed E-state index contributed by atoms with van der Waals surface area (Å²) in [6, 6.07) is 9.01. The van der Waals surface area contributed by atoms with Gasteiger partial charge in [-0.1, -0.05) is 35.5 Å². The van der Waals surface area contributed by atoms with Gasteiger partial charge in [-0.05, 0) is 24.5 Å². The number of pyridine rings is 1. The molecule has 0 fully saturated rings. The Morgan fingerprint density at radius 3 is 2.80 bits per heavy atom. The molecule has 0 aliphatic carbocycles. The van der Waals surface area contributed by atoms with Crippen LogP contribution in [0.15, 0.2) is 52.7 Å². The summed E-state index contributed by atoms with van der Waals surface area (Å²) in [7, 11) is 0. The number of fused-ring (bicyclic) bond motifs is 1. The lowest BCUT2D eigenvalue weighted by Gasteiger charge is -2.08. The van der Waals surface area contributed by atoms with Gasteiger partial charge in [0.1, 0.15) is 0 Å². The predicted molar refractivity (Wildman–Crippen MR) is 81.9 cm³/mol. The average Bonchev–Trinajstić information content (AvgIpc) is 2.48. The van der Waals surface area contributed by atoms with E-state index in [0.29, 0.717) is 26.8 Å². The molecule has 4 nitrogen and oxygen atoms in total. The largest absolute Gasteiger partial charge is 0.282 e. The van der Waals surface area contributed by atoms with E-state index in [1.807, 2.05) is 18.4 Å². The Morgan fingerprint density at radius 1 is 1.25 bits per heavy atom. The van der Waals surface area contributed by atoms with E-state index >= 15 is 0 Å². The second-order valence-corrected chi connectivity index (χ2v) is 5.28. The van der Waals surface area contributed by atoms with Crippen LogP contribution < -0.4 is 5.56 Å². The predicted octanol–water partition coefficient (Wildman–Crippen LogP) is 3.16. The van der Waals surface area contributed by atoms with Crippen LogP contribution in [0, 0.1) is 0 Å². The highest BCUT2D eigenvalue weighted by Gasteiger charge is 2.09. The molecule has 2 aromatic heterocycles. The van der Waals surface area contributed by atoms with E-state index in [1.54, 1.807) is 30.6 Å². The Morgan fingerprint density at radius 2 is 2.05 bits per heavy atom. The van der Waals surface area contributed by atoms with Gasteiger partial charge in [-0.15, -0.1) is 0 Å². The topological polar surface area (TPSA) is 47.8 Å². The number of para-hydroxylation sites is 1. The molecule has 2 heterocycles. The molecule has 0 bridgehead atoms. The van der Waals surface area contributed by atoms with E-state index in [2.05, 4.69) is 9.97 Å².